The Bertz CT molecular complexity index is 1390. The van der Waals surface area contributed by atoms with Gasteiger partial charge in [-0.2, -0.15) is 4.31 Å². The minimum absolute atomic E-state index is 0.0559. The van der Waals surface area contributed by atoms with E-state index in [0.29, 0.717) is 46.8 Å². The predicted octanol–water partition coefficient (Wildman–Crippen LogP) is 5.80. The predicted molar refractivity (Wildman–Crippen MR) is 150 cm³/mol. The van der Waals surface area contributed by atoms with Crippen molar-refractivity contribution < 1.29 is 13.2 Å². The first-order chi connectivity index (χ1) is 17.5. The smallest absolute Gasteiger partial charge is 0.243 e. The van der Waals surface area contributed by atoms with Crippen LogP contribution in [0.5, 0.6) is 0 Å². The number of aryl methyl sites for hydroxylation is 2. The standard InChI is InChI=1S/C27H28Cl3N3O3S/c1-19-3-9-24(10-4-19)37(35,36)33(17-21-6-8-22(28)15-25(21)30)18-27(34)32-13-11-31(12-14-32)26-16-23(29)7-5-20(26)2/h3-10,15-16H,11-14,17-18H2,1-2H3. The monoisotopic (exact) mass is 579 g/mol. The van der Waals surface area contributed by atoms with Gasteiger partial charge in [-0.3, -0.25) is 4.79 Å². The number of sulfonamides is 1. The Hall–Kier alpha value is -2.29. The lowest BCUT2D eigenvalue weighted by molar-refractivity contribution is -0.131. The van der Waals surface area contributed by atoms with Gasteiger partial charge >= 0.3 is 0 Å². The lowest BCUT2D eigenvalue weighted by Crippen LogP contribution is -2.52. The van der Waals surface area contributed by atoms with Gasteiger partial charge in [-0.1, -0.05) is 64.6 Å². The average molecular weight is 581 g/mol. The minimum atomic E-state index is -3.97. The summed E-state index contributed by atoms with van der Waals surface area (Å²) in [5.74, 6) is -0.261. The molecule has 1 amide bonds. The Morgan fingerprint density at radius 1 is 0.865 bits per heavy atom. The molecule has 4 rings (SSSR count). The van der Waals surface area contributed by atoms with Crippen LogP contribution in [0.2, 0.25) is 15.1 Å². The highest BCUT2D eigenvalue weighted by molar-refractivity contribution is 7.89. The van der Waals surface area contributed by atoms with Gasteiger partial charge in [0.15, 0.2) is 0 Å². The number of benzene rings is 3. The van der Waals surface area contributed by atoms with Crippen molar-refractivity contribution in [3.8, 4) is 0 Å². The highest BCUT2D eigenvalue weighted by atomic mass is 35.5. The van der Waals surface area contributed by atoms with Crippen LogP contribution in [0.3, 0.4) is 0 Å². The van der Waals surface area contributed by atoms with Crippen molar-refractivity contribution >= 4 is 56.4 Å². The fraction of sp³-hybridized carbons (Fsp3) is 0.296. The zero-order chi connectivity index (χ0) is 26.7. The van der Waals surface area contributed by atoms with Crippen molar-refractivity contribution in [1.82, 2.24) is 9.21 Å². The van der Waals surface area contributed by atoms with Crippen LogP contribution in [-0.2, 0) is 21.4 Å². The molecule has 0 bridgehead atoms. The number of hydrogen-bond donors (Lipinski definition) is 0. The molecule has 1 fully saturated rings. The Morgan fingerprint density at radius 3 is 2.14 bits per heavy atom. The number of hydrogen-bond acceptors (Lipinski definition) is 4. The maximum absolute atomic E-state index is 13.6. The summed E-state index contributed by atoms with van der Waals surface area (Å²) in [6, 6.07) is 17.2. The molecule has 0 aliphatic carbocycles. The van der Waals surface area contributed by atoms with E-state index in [1.807, 2.05) is 32.0 Å². The zero-order valence-electron chi connectivity index (χ0n) is 20.6. The molecule has 6 nitrogen and oxygen atoms in total. The summed E-state index contributed by atoms with van der Waals surface area (Å²) in [7, 11) is -3.97. The first-order valence-electron chi connectivity index (χ1n) is 11.8. The van der Waals surface area contributed by atoms with Gasteiger partial charge in [-0.15, -0.1) is 0 Å². The summed E-state index contributed by atoms with van der Waals surface area (Å²) < 4.78 is 28.4. The van der Waals surface area contributed by atoms with Crippen molar-refractivity contribution in [2.45, 2.75) is 25.3 Å². The normalized spacial score (nSPS) is 14.3. The van der Waals surface area contributed by atoms with E-state index in [1.165, 1.54) is 4.31 Å². The molecular weight excluding hydrogens is 553 g/mol. The van der Waals surface area contributed by atoms with Gasteiger partial charge in [0.25, 0.3) is 0 Å². The number of anilines is 1. The van der Waals surface area contributed by atoms with Crippen LogP contribution in [-0.4, -0.2) is 56.3 Å². The van der Waals surface area contributed by atoms with Gasteiger partial charge in [0.2, 0.25) is 15.9 Å². The fourth-order valence-electron chi connectivity index (χ4n) is 4.30. The second-order valence-corrected chi connectivity index (χ2v) is 12.3. The highest BCUT2D eigenvalue weighted by Gasteiger charge is 2.30. The van der Waals surface area contributed by atoms with Crippen LogP contribution in [0.4, 0.5) is 5.69 Å². The quantitative estimate of drug-likeness (QED) is 0.354. The van der Waals surface area contributed by atoms with Crippen LogP contribution < -0.4 is 4.90 Å². The first kappa shape index (κ1) is 27.7. The van der Waals surface area contributed by atoms with Crippen molar-refractivity contribution in [3.63, 3.8) is 0 Å². The van der Waals surface area contributed by atoms with E-state index in [0.717, 1.165) is 16.8 Å². The molecule has 0 unspecified atom stereocenters. The van der Waals surface area contributed by atoms with E-state index >= 15 is 0 Å². The van der Waals surface area contributed by atoms with Crippen LogP contribution in [0.1, 0.15) is 16.7 Å². The SMILES string of the molecule is Cc1ccc(S(=O)(=O)N(CC(=O)N2CCN(c3cc(Cl)ccc3C)CC2)Cc2ccc(Cl)cc2Cl)cc1. The van der Waals surface area contributed by atoms with Crippen LogP contribution in [0, 0.1) is 13.8 Å². The van der Waals surface area contributed by atoms with Crippen molar-refractivity contribution in [1.29, 1.82) is 0 Å². The average Bonchev–Trinajstić information content (AvgIpc) is 2.87. The number of amides is 1. The number of rotatable bonds is 7. The number of carbonyl (C=O) groups excluding carboxylic acids is 1. The summed E-state index contributed by atoms with van der Waals surface area (Å²) in [5, 5.41) is 1.46. The van der Waals surface area contributed by atoms with Crippen LogP contribution in [0.15, 0.2) is 65.6 Å². The third-order valence-corrected chi connectivity index (χ3v) is 9.10. The third kappa shape index (κ3) is 6.59. The number of halogens is 3. The largest absolute Gasteiger partial charge is 0.368 e. The van der Waals surface area contributed by atoms with Crippen LogP contribution in [0.25, 0.3) is 0 Å². The Balaban J connectivity index is 1.53. The molecule has 0 spiro atoms. The molecule has 1 aliphatic rings. The van der Waals surface area contributed by atoms with E-state index in [9.17, 15) is 13.2 Å². The van der Waals surface area contributed by atoms with Crippen molar-refractivity contribution in [2.75, 3.05) is 37.6 Å². The summed E-state index contributed by atoms with van der Waals surface area (Å²) >= 11 is 18.6. The molecule has 196 valence electrons. The lowest BCUT2D eigenvalue weighted by atomic mass is 10.1. The van der Waals surface area contributed by atoms with Crippen LogP contribution >= 0.6 is 34.8 Å². The Kier molecular flexibility index (Phi) is 8.71. The van der Waals surface area contributed by atoms with Gasteiger partial charge in [-0.05, 0) is 61.4 Å². The topological polar surface area (TPSA) is 60.9 Å². The summed E-state index contributed by atoms with van der Waals surface area (Å²) in [6.45, 7) is 5.76. The zero-order valence-corrected chi connectivity index (χ0v) is 23.7. The second-order valence-electron chi connectivity index (χ2n) is 9.12. The van der Waals surface area contributed by atoms with Gasteiger partial charge in [0.05, 0.1) is 11.4 Å². The van der Waals surface area contributed by atoms with Gasteiger partial charge in [0.1, 0.15) is 0 Å². The Labute approximate surface area is 233 Å². The maximum Gasteiger partial charge on any atom is 0.243 e. The van der Waals surface area contributed by atoms with Gasteiger partial charge in [0, 0.05) is 53.5 Å². The minimum Gasteiger partial charge on any atom is -0.368 e. The highest BCUT2D eigenvalue weighted by Crippen LogP contribution is 2.27. The van der Waals surface area contributed by atoms with E-state index in [4.69, 9.17) is 34.8 Å². The molecule has 0 saturated carbocycles. The third-order valence-electron chi connectivity index (χ3n) is 6.48. The molecule has 10 heteroatoms. The molecule has 3 aromatic rings. The molecule has 0 atom stereocenters. The van der Waals surface area contributed by atoms with Gasteiger partial charge in [-0.25, -0.2) is 8.42 Å². The molecule has 1 heterocycles. The second kappa shape index (κ2) is 11.6. The number of carbonyl (C=O) groups is 1. The maximum atomic E-state index is 13.6. The molecule has 0 aromatic heterocycles. The van der Waals surface area contributed by atoms with Crippen molar-refractivity contribution in [3.05, 3.63) is 92.4 Å². The van der Waals surface area contributed by atoms with Gasteiger partial charge < -0.3 is 9.80 Å². The summed E-state index contributed by atoms with van der Waals surface area (Å²) in [5.41, 5.74) is 3.66. The van der Waals surface area contributed by atoms with E-state index < -0.39 is 10.0 Å². The molecule has 1 saturated heterocycles. The van der Waals surface area contributed by atoms with Crippen molar-refractivity contribution in [2.24, 2.45) is 0 Å². The number of piperazine rings is 1. The fourth-order valence-corrected chi connectivity index (χ4v) is 6.30. The molecule has 0 N–H and O–H groups in total. The molecule has 3 aromatic carbocycles. The number of nitrogens with zero attached hydrogens (tertiary/aromatic N) is 3. The molecular formula is C27H28Cl3N3O3S. The lowest BCUT2D eigenvalue weighted by Gasteiger charge is -2.37. The molecule has 1 aliphatic heterocycles. The van der Waals surface area contributed by atoms with E-state index in [2.05, 4.69) is 4.90 Å². The van der Waals surface area contributed by atoms with E-state index in [-0.39, 0.29) is 23.9 Å². The summed E-state index contributed by atoms with van der Waals surface area (Å²) in [4.78, 5) is 17.4. The van der Waals surface area contributed by atoms with E-state index in [1.54, 1.807) is 47.4 Å². The molecule has 0 radical (unpaired) electrons. The Morgan fingerprint density at radius 2 is 1.49 bits per heavy atom. The summed E-state index contributed by atoms with van der Waals surface area (Å²) in [6.07, 6.45) is 0. The molecule has 37 heavy (non-hydrogen) atoms. The first-order valence-corrected chi connectivity index (χ1v) is 14.4.